The van der Waals surface area contributed by atoms with E-state index in [4.69, 9.17) is 4.98 Å². The van der Waals surface area contributed by atoms with Crippen LogP contribution in [0.15, 0.2) is 48.5 Å². The number of rotatable bonds is 1. The lowest BCUT2D eigenvalue weighted by Crippen LogP contribution is -2.08. The van der Waals surface area contributed by atoms with E-state index in [0.717, 1.165) is 17.6 Å². The van der Waals surface area contributed by atoms with Crippen molar-refractivity contribution in [2.45, 2.75) is 27.2 Å². The average Bonchev–Trinajstić information content (AvgIpc) is 2.54. The van der Waals surface area contributed by atoms with Crippen molar-refractivity contribution in [2.75, 3.05) is 0 Å². The van der Waals surface area contributed by atoms with Crippen LogP contribution in [-0.4, -0.2) is 4.98 Å². The Kier molecular flexibility index (Phi) is 3.30. The molecule has 0 saturated heterocycles. The highest BCUT2D eigenvalue weighted by atomic mass is 14.7. The van der Waals surface area contributed by atoms with Gasteiger partial charge in [0.15, 0.2) is 0 Å². The summed E-state index contributed by atoms with van der Waals surface area (Å²) in [4.78, 5) is 4.91. The Balaban J connectivity index is 2.10. The van der Waals surface area contributed by atoms with Crippen molar-refractivity contribution in [3.8, 4) is 11.1 Å². The number of hydrogen-bond acceptors (Lipinski definition) is 1. The van der Waals surface area contributed by atoms with Crippen LogP contribution < -0.4 is 0 Å². The van der Waals surface area contributed by atoms with Gasteiger partial charge in [0.05, 0.1) is 11.2 Å². The lowest BCUT2D eigenvalue weighted by molar-refractivity contribution is 0.715. The van der Waals surface area contributed by atoms with Gasteiger partial charge in [-0.3, -0.25) is 0 Å². The van der Waals surface area contributed by atoms with Crippen LogP contribution in [0.3, 0.4) is 0 Å². The molecule has 0 bridgehead atoms. The van der Waals surface area contributed by atoms with Crippen LogP contribution in [0.4, 0.5) is 0 Å². The van der Waals surface area contributed by atoms with Gasteiger partial charge in [-0.25, -0.2) is 4.98 Å². The summed E-state index contributed by atoms with van der Waals surface area (Å²) in [5, 5.41) is 1.27. The largest absolute Gasteiger partial charge is 0.248 e. The van der Waals surface area contributed by atoms with Crippen LogP contribution in [0, 0.1) is 19.8 Å². The van der Waals surface area contributed by atoms with E-state index in [2.05, 4.69) is 75.4 Å². The van der Waals surface area contributed by atoms with Crippen molar-refractivity contribution < 1.29 is 0 Å². The van der Waals surface area contributed by atoms with E-state index < -0.39 is 0 Å². The van der Waals surface area contributed by atoms with Crippen molar-refractivity contribution in [1.29, 1.82) is 0 Å². The molecule has 3 aromatic rings. The summed E-state index contributed by atoms with van der Waals surface area (Å²) in [7, 11) is 0. The van der Waals surface area contributed by atoms with E-state index in [1.807, 2.05) is 0 Å². The minimum atomic E-state index is 0.566. The maximum absolute atomic E-state index is 4.91. The molecule has 114 valence electrons. The van der Waals surface area contributed by atoms with Crippen molar-refractivity contribution in [3.63, 3.8) is 0 Å². The number of nitrogens with zero attached hydrogens (tertiary/aromatic N) is 1. The molecule has 0 radical (unpaired) electrons. The molecule has 23 heavy (non-hydrogen) atoms. The summed E-state index contributed by atoms with van der Waals surface area (Å²) < 4.78 is 0. The predicted molar refractivity (Wildman–Crippen MR) is 98.6 cm³/mol. The van der Waals surface area contributed by atoms with E-state index in [-0.39, 0.29) is 0 Å². The fraction of sp³-hybridized carbons (Fsp3) is 0.227. The third kappa shape index (κ3) is 2.46. The monoisotopic (exact) mass is 299 g/mol. The molecule has 0 N–H and O–H groups in total. The van der Waals surface area contributed by atoms with Crippen molar-refractivity contribution in [1.82, 2.24) is 4.98 Å². The zero-order valence-corrected chi connectivity index (χ0v) is 13.9. The molecular formula is C22H21N. The summed E-state index contributed by atoms with van der Waals surface area (Å²) >= 11 is 0. The second-order valence-corrected chi connectivity index (χ2v) is 6.78. The van der Waals surface area contributed by atoms with Gasteiger partial charge in [-0.05, 0) is 61.1 Å². The van der Waals surface area contributed by atoms with Gasteiger partial charge >= 0.3 is 0 Å². The van der Waals surface area contributed by atoms with Crippen LogP contribution in [0.1, 0.15) is 29.3 Å². The zero-order valence-electron chi connectivity index (χ0n) is 13.9. The first-order chi connectivity index (χ1) is 11.1. The standard InChI is InChI=1S/C22H21N/c1-14-4-8-17(9-5-14)22-18-12-15(2)6-10-20(18)23-21-11-7-16(3)13-19(21)22/h4-12,16H,13H2,1-3H3. The van der Waals surface area contributed by atoms with Gasteiger partial charge in [-0.15, -0.1) is 0 Å². The number of aromatic nitrogens is 1. The summed E-state index contributed by atoms with van der Waals surface area (Å²) in [6.07, 6.45) is 5.53. The molecule has 0 saturated carbocycles. The molecule has 4 rings (SSSR count). The van der Waals surface area contributed by atoms with E-state index in [1.165, 1.54) is 33.2 Å². The molecule has 1 heteroatoms. The first-order valence-electron chi connectivity index (χ1n) is 8.30. The minimum Gasteiger partial charge on any atom is -0.248 e. The highest BCUT2D eigenvalue weighted by molar-refractivity contribution is 5.98. The molecule has 1 aliphatic carbocycles. The summed E-state index contributed by atoms with van der Waals surface area (Å²) in [5.41, 5.74) is 8.86. The zero-order chi connectivity index (χ0) is 16.0. The number of allylic oxidation sites excluding steroid dienone is 1. The molecule has 0 fully saturated rings. The van der Waals surface area contributed by atoms with Crippen LogP contribution in [0.2, 0.25) is 0 Å². The summed E-state index contributed by atoms with van der Waals surface area (Å²) in [5.74, 6) is 0.566. The van der Waals surface area contributed by atoms with Gasteiger partial charge in [0.25, 0.3) is 0 Å². The Morgan fingerprint density at radius 1 is 0.957 bits per heavy atom. The molecule has 0 spiro atoms. The highest BCUT2D eigenvalue weighted by Crippen LogP contribution is 2.37. The minimum absolute atomic E-state index is 0.566. The van der Waals surface area contributed by atoms with Crippen molar-refractivity contribution >= 4 is 17.0 Å². The molecule has 0 aliphatic heterocycles. The van der Waals surface area contributed by atoms with E-state index >= 15 is 0 Å². The molecule has 1 atom stereocenters. The van der Waals surface area contributed by atoms with E-state index in [0.29, 0.717) is 5.92 Å². The third-order valence-corrected chi connectivity index (χ3v) is 4.72. The van der Waals surface area contributed by atoms with E-state index in [9.17, 15) is 0 Å². The van der Waals surface area contributed by atoms with Crippen LogP contribution >= 0.6 is 0 Å². The molecule has 1 aliphatic rings. The first-order valence-corrected chi connectivity index (χ1v) is 8.30. The predicted octanol–water partition coefficient (Wildman–Crippen LogP) is 5.72. The highest BCUT2D eigenvalue weighted by Gasteiger charge is 2.19. The quantitative estimate of drug-likeness (QED) is 0.559. The van der Waals surface area contributed by atoms with Gasteiger partial charge in [-0.1, -0.05) is 54.5 Å². The number of fused-ring (bicyclic) bond motifs is 2. The summed E-state index contributed by atoms with van der Waals surface area (Å²) in [6.45, 7) is 6.57. The number of aryl methyl sites for hydroxylation is 2. The van der Waals surface area contributed by atoms with Gasteiger partial charge in [0, 0.05) is 5.39 Å². The van der Waals surface area contributed by atoms with Gasteiger partial charge < -0.3 is 0 Å². The molecule has 1 aromatic heterocycles. The fourth-order valence-corrected chi connectivity index (χ4v) is 3.48. The van der Waals surface area contributed by atoms with Crippen molar-refractivity contribution in [3.05, 3.63) is 70.9 Å². The van der Waals surface area contributed by atoms with E-state index in [1.54, 1.807) is 0 Å². The van der Waals surface area contributed by atoms with Crippen LogP contribution in [0.5, 0.6) is 0 Å². The second-order valence-electron chi connectivity index (χ2n) is 6.78. The maximum atomic E-state index is 4.91. The lowest BCUT2D eigenvalue weighted by Gasteiger charge is -2.21. The van der Waals surface area contributed by atoms with Crippen LogP contribution in [0.25, 0.3) is 28.1 Å². The summed E-state index contributed by atoms with van der Waals surface area (Å²) in [6, 6.07) is 15.5. The third-order valence-electron chi connectivity index (χ3n) is 4.72. The topological polar surface area (TPSA) is 12.9 Å². The van der Waals surface area contributed by atoms with Crippen molar-refractivity contribution in [2.24, 2.45) is 5.92 Å². The SMILES string of the molecule is Cc1ccc(-c2c3c(nc4ccc(C)cc24)C=CC(C)C3)cc1. The van der Waals surface area contributed by atoms with Crippen LogP contribution in [-0.2, 0) is 6.42 Å². The molecule has 0 amide bonds. The lowest BCUT2D eigenvalue weighted by atomic mass is 9.85. The Bertz CT molecular complexity index is 917. The molecule has 2 aromatic carbocycles. The Hall–Kier alpha value is -2.41. The smallest absolute Gasteiger partial charge is 0.0715 e. The van der Waals surface area contributed by atoms with Gasteiger partial charge in [-0.2, -0.15) is 0 Å². The number of hydrogen-bond donors (Lipinski definition) is 0. The van der Waals surface area contributed by atoms with Gasteiger partial charge in [0.1, 0.15) is 0 Å². The molecule has 1 unspecified atom stereocenters. The average molecular weight is 299 g/mol. The Morgan fingerprint density at radius 3 is 2.48 bits per heavy atom. The Labute approximate surface area is 137 Å². The van der Waals surface area contributed by atoms with Gasteiger partial charge in [0.2, 0.25) is 0 Å². The molecule has 1 heterocycles. The Morgan fingerprint density at radius 2 is 1.70 bits per heavy atom. The second kappa shape index (κ2) is 5.34. The molecule has 1 nitrogen and oxygen atoms in total. The fourth-order valence-electron chi connectivity index (χ4n) is 3.48. The first kappa shape index (κ1) is 14.2. The number of pyridine rings is 1. The molecular weight excluding hydrogens is 278 g/mol. The number of benzene rings is 2. The maximum Gasteiger partial charge on any atom is 0.0715 e. The normalized spacial score (nSPS) is 16.6.